The van der Waals surface area contributed by atoms with Gasteiger partial charge in [-0.1, -0.05) is 197 Å². The van der Waals surface area contributed by atoms with Crippen LogP contribution in [-0.4, -0.2) is 34.6 Å². The first-order valence-electron chi connectivity index (χ1n) is 25.7. The van der Waals surface area contributed by atoms with Gasteiger partial charge in [-0.25, -0.2) is 0 Å². The summed E-state index contributed by atoms with van der Waals surface area (Å²) in [6.45, 7) is 39.6. The maximum Gasteiger partial charge on any atom is 0.125 e. The molecule has 1 aliphatic carbocycles. The Bertz CT molecular complexity index is 2540. The molecule has 0 unspecified atom stereocenters. The number of ether oxygens (including phenoxy) is 2. The Morgan fingerprint density at radius 1 is 0.288 bits per heavy atom. The molecular formula is C66H88O6Ti. The average molecular weight is 1030 g/mol. The molecule has 0 saturated carbocycles. The summed E-state index contributed by atoms with van der Waals surface area (Å²) >= 11 is 0. The van der Waals surface area contributed by atoms with Crippen LogP contribution in [0.1, 0.15) is 203 Å². The SMILES string of the molecule is CC(C)(C)c1ccc(O)cc1.CC(C)(C)c1ccc(O)cc1.COc1c2cc(C(C)(C)C)cc1Cc1cc(C(C)(C)C)cc(c1O)Cc1cc(C(C)(C)C)cc(c1OC)Cc1cc(C(C)(C)C)cc(c1O)C2.[Ti]. The number of fused-ring (bicyclic) bond motifs is 8. The quantitative estimate of drug-likeness (QED) is 0.129. The minimum atomic E-state index is -0.131. The van der Waals surface area contributed by atoms with Crippen LogP contribution >= 0.6 is 0 Å². The Kier molecular flexibility index (Phi) is 18.8. The van der Waals surface area contributed by atoms with E-state index in [0.717, 1.165) is 56.0 Å². The molecule has 6 aromatic carbocycles. The first-order valence-corrected chi connectivity index (χ1v) is 25.7. The molecule has 0 spiro atoms. The molecule has 0 atom stereocenters. The van der Waals surface area contributed by atoms with Crippen molar-refractivity contribution in [3.63, 3.8) is 0 Å². The van der Waals surface area contributed by atoms with Crippen LogP contribution in [0.15, 0.2) is 97.1 Å². The van der Waals surface area contributed by atoms with Crippen molar-refractivity contribution in [3.8, 4) is 34.5 Å². The van der Waals surface area contributed by atoms with Gasteiger partial charge in [0.25, 0.3) is 0 Å². The fraction of sp³-hybridized carbons (Fsp3) is 0.455. The van der Waals surface area contributed by atoms with E-state index in [0.29, 0.717) is 48.7 Å². The van der Waals surface area contributed by atoms with Crippen molar-refractivity contribution < 1.29 is 51.6 Å². The summed E-state index contributed by atoms with van der Waals surface area (Å²) in [5.74, 6) is 2.90. The van der Waals surface area contributed by atoms with Crippen molar-refractivity contribution in [2.75, 3.05) is 14.2 Å². The fourth-order valence-corrected chi connectivity index (χ4v) is 9.09. The van der Waals surface area contributed by atoms with E-state index < -0.39 is 0 Å². The Morgan fingerprint density at radius 2 is 0.466 bits per heavy atom. The second-order valence-corrected chi connectivity index (χ2v) is 26.2. The van der Waals surface area contributed by atoms with Gasteiger partial charge in [0.2, 0.25) is 0 Å². The van der Waals surface area contributed by atoms with Gasteiger partial charge in [-0.2, -0.15) is 0 Å². The van der Waals surface area contributed by atoms with Crippen molar-refractivity contribution >= 4 is 0 Å². The van der Waals surface area contributed by atoms with Gasteiger partial charge in [-0.15, -0.1) is 0 Å². The molecule has 7 heteroatoms. The molecule has 0 saturated heterocycles. The van der Waals surface area contributed by atoms with Gasteiger partial charge < -0.3 is 29.9 Å². The maximum atomic E-state index is 12.1. The predicted molar refractivity (Wildman–Crippen MR) is 302 cm³/mol. The zero-order valence-corrected chi connectivity index (χ0v) is 49.7. The zero-order valence-electron chi connectivity index (χ0n) is 48.2. The summed E-state index contributed by atoms with van der Waals surface area (Å²) in [5, 5.41) is 42.3. The molecule has 0 aromatic heterocycles. The van der Waals surface area contributed by atoms with E-state index in [1.807, 2.05) is 24.3 Å². The van der Waals surface area contributed by atoms with Gasteiger partial charge in [-0.05, 0) is 135 Å². The second-order valence-electron chi connectivity index (χ2n) is 26.2. The van der Waals surface area contributed by atoms with Crippen molar-refractivity contribution in [2.24, 2.45) is 0 Å². The summed E-state index contributed by atoms with van der Waals surface area (Å²) < 4.78 is 12.5. The van der Waals surface area contributed by atoms with Crippen LogP contribution in [-0.2, 0) is 79.9 Å². The third-order valence-corrected chi connectivity index (χ3v) is 13.9. The number of hydrogen-bond acceptors (Lipinski definition) is 6. The van der Waals surface area contributed by atoms with E-state index in [9.17, 15) is 10.2 Å². The van der Waals surface area contributed by atoms with Crippen molar-refractivity contribution in [1.82, 2.24) is 0 Å². The van der Waals surface area contributed by atoms with Crippen molar-refractivity contribution in [3.05, 3.63) is 175 Å². The molecule has 6 nitrogen and oxygen atoms in total. The molecule has 8 bridgehead atoms. The number of rotatable bonds is 2. The monoisotopic (exact) mass is 1020 g/mol. The second kappa shape index (κ2) is 22.8. The van der Waals surface area contributed by atoms with Crippen LogP contribution in [0.4, 0.5) is 0 Å². The number of aromatic hydroxyl groups is 4. The van der Waals surface area contributed by atoms with Gasteiger partial charge in [0.1, 0.15) is 34.5 Å². The van der Waals surface area contributed by atoms with Crippen LogP contribution in [0.2, 0.25) is 0 Å². The summed E-state index contributed by atoms with van der Waals surface area (Å²) in [6.07, 6.45) is 2.03. The van der Waals surface area contributed by atoms with E-state index in [2.05, 4.69) is 173 Å². The van der Waals surface area contributed by atoms with E-state index in [1.165, 1.54) is 33.4 Å². The van der Waals surface area contributed by atoms with Crippen LogP contribution in [0.5, 0.6) is 34.5 Å². The first kappa shape index (κ1) is 60.4. The third-order valence-electron chi connectivity index (χ3n) is 13.9. The number of hydrogen-bond donors (Lipinski definition) is 4. The third kappa shape index (κ3) is 15.5. The molecule has 392 valence electrons. The predicted octanol–water partition coefficient (Wildman–Crippen LogP) is 16.4. The first-order chi connectivity index (χ1) is 33.0. The van der Waals surface area contributed by atoms with Crippen molar-refractivity contribution in [2.45, 2.75) is 183 Å². The van der Waals surface area contributed by atoms with E-state index in [-0.39, 0.29) is 54.2 Å². The number of phenols is 4. The van der Waals surface area contributed by atoms with E-state index in [4.69, 9.17) is 19.7 Å². The molecule has 6 aromatic rings. The maximum absolute atomic E-state index is 12.1. The van der Waals surface area contributed by atoms with Gasteiger partial charge in [0, 0.05) is 47.4 Å². The summed E-state index contributed by atoms with van der Waals surface area (Å²) in [6, 6.07) is 32.4. The molecule has 0 amide bonds. The Balaban J connectivity index is 0.000000411. The van der Waals surface area contributed by atoms with Gasteiger partial charge in [0.05, 0.1) is 14.2 Å². The molecule has 0 heterocycles. The number of benzene rings is 6. The smallest absolute Gasteiger partial charge is 0.125 e. The fourth-order valence-electron chi connectivity index (χ4n) is 9.09. The molecule has 0 fully saturated rings. The van der Waals surface area contributed by atoms with Crippen LogP contribution in [0.25, 0.3) is 0 Å². The molecular weight excluding hydrogens is 937 g/mol. The molecule has 0 aliphatic heterocycles. The molecule has 1 aliphatic rings. The largest absolute Gasteiger partial charge is 0.508 e. The summed E-state index contributed by atoms with van der Waals surface area (Å²) in [5.41, 5.74) is 14.7. The molecule has 0 radical (unpaired) electrons. The van der Waals surface area contributed by atoms with Crippen LogP contribution in [0.3, 0.4) is 0 Å². The standard InChI is InChI=1S/C46H60O4.2C10H14O.Ti/c1-43(2,3)35-19-27-15-31-23-37(45(7,8)9)25-33(41(31)49-13)17-29-21-36(44(4,5)6)22-30(40(29)48)18-34-26-38(46(10,11)12)24-32(42(34)50-14)16-28(20-35)39(27)47;2*1-10(2,3)8-4-6-9(11)7-5-8;/h19-26,47-48H,15-18H2,1-14H3;2*4-7,11H,1-3H3;. The van der Waals surface area contributed by atoms with Crippen LogP contribution < -0.4 is 9.47 Å². The minimum Gasteiger partial charge on any atom is -0.508 e. The van der Waals surface area contributed by atoms with Crippen LogP contribution in [0, 0.1) is 0 Å². The molecule has 73 heavy (non-hydrogen) atoms. The molecule has 4 N–H and O–H groups in total. The van der Waals surface area contributed by atoms with Gasteiger partial charge in [0.15, 0.2) is 0 Å². The Hall–Kier alpha value is -5.17. The normalized spacial score (nSPS) is 13.1. The van der Waals surface area contributed by atoms with Gasteiger partial charge in [-0.3, -0.25) is 0 Å². The van der Waals surface area contributed by atoms with E-state index >= 15 is 0 Å². The van der Waals surface area contributed by atoms with Gasteiger partial charge >= 0.3 is 0 Å². The number of methoxy groups -OCH3 is 2. The average Bonchev–Trinajstić information content (AvgIpc) is 3.24. The summed E-state index contributed by atoms with van der Waals surface area (Å²) in [4.78, 5) is 0. The van der Waals surface area contributed by atoms with Crippen molar-refractivity contribution in [1.29, 1.82) is 0 Å². The molecule has 7 rings (SSSR count). The number of phenolic OH excluding ortho intramolecular Hbond substituents is 4. The Morgan fingerprint density at radius 3 is 0.630 bits per heavy atom. The summed E-state index contributed by atoms with van der Waals surface area (Å²) in [7, 11) is 3.47. The minimum absolute atomic E-state index is 0. The zero-order chi connectivity index (χ0) is 54.1. The van der Waals surface area contributed by atoms with E-state index in [1.54, 1.807) is 38.5 Å². The Labute approximate surface area is 455 Å². The topological polar surface area (TPSA) is 99.4 Å².